The summed E-state index contributed by atoms with van der Waals surface area (Å²) in [4.78, 5) is 0. The Morgan fingerprint density at radius 3 is 1.13 bits per heavy atom. The van der Waals surface area contributed by atoms with E-state index >= 15 is 0 Å². The summed E-state index contributed by atoms with van der Waals surface area (Å²) in [5, 5.41) is 0. The molecule has 0 N–H and O–H groups in total. The van der Waals surface area contributed by atoms with Gasteiger partial charge in [0.15, 0.2) is 0 Å². The van der Waals surface area contributed by atoms with E-state index in [1.807, 2.05) is 0 Å². The summed E-state index contributed by atoms with van der Waals surface area (Å²) in [6.07, 6.45) is 12.2. The van der Waals surface area contributed by atoms with Gasteiger partial charge in [0.05, 0.1) is 14.2 Å². The van der Waals surface area contributed by atoms with Gasteiger partial charge >= 0.3 is 0 Å². The number of rotatable bonds is 2. The predicted molar refractivity (Wildman–Crippen MR) is 166 cm³/mol. The fourth-order valence-electron chi connectivity index (χ4n) is 5.56. The van der Waals surface area contributed by atoms with Crippen LogP contribution in [0.3, 0.4) is 0 Å². The fraction of sp³-hybridized carbons (Fsp3) is 0.556. The average molecular weight is 517 g/mol. The minimum Gasteiger partial charge on any atom is -0.496 e. The van der Waals surface area contributed by atoms with Crippen LogP contribution in [0, 0.1) is 0 Å². The van der Waals surface area contributed by atoms with Gasteiger partial charge in [0.2, 0.25) is 0 Å². The summed E-state index contributed by atoms with van der Waals surface area (Å²) in [5.41, 5.74) is 9.12. The van der Waals surface area contributed by atoms with Gasteiger partial charge in [0, 0.05) is 11.1 Å². The SMILES string of the molecule is C=C1C(=C)c2cc(C(C)(C)C)cc(c2OC)CCCCCCCCCCc2cc(C(C)(C)C)cc1c2OC. The largest absolute Gasteiger partial charge is 0.496 e. The molecule has 0 radical (unpaired) electrons. The maximum atomic E-state index is 6.10. The predicted octanol–water partition coefficient (Wildman–Crippen LogP) is 10.2. The summed E-state index contributed by atoms with van der Waals surface area (Å²) in [5.74, 6) is 1.88. The summed E-state index contributed by atoms with van der Waals surface area (Å²) < 4.78 is 12.2. The second kappa shape index (κ2) is 12.6. The molecular weight excluding hydrogens is 464 g/mol. The van der Waals surface area contributed by atoms with Crippen molar-refractivity contribution in [3.63, 3.8) is 0 Å². The molecule has 2 aromatic rings. The first-order valence-electron chi connectivity index (χ1n) is 14.7. The van der Waals surface area contributed by atoms with Gasteiger partial charge in [-0.1, -0.05) is 105 Å². The van der Waals surface area contributed by atoms with Gasteiger partial charge in [0.25, 0.3) is 0 Å². The van der Waals surface area contributed by atoms with E-state index in [0.717, 1.165) is 46.6 Å². The van der Waals surface area contributed by atoms with Crippen LogP contribution in [-0.4, -0.2) is 14.2 Å². The van der Waals surface area contributed by atoms with Crippen molar-refractivity contribution in [1.29, 1.82) is 0 Å². The van der Waals surface area contributed by atoms with Crippen LogP contribution in [0.5, 0.6) is 11.5 Å². The van der Waals surface area contributed by atoms with E-state index in [0.29, 0.717) is 0 Å². The lowest BCUT2D eigenvalue weighted by molar-refractivity contribution is 0.405. The number of fused-ring (bicyclic) bond motifs is 4. The zero-order valence-corrected chi connectivity index (χ0v) is 25.6. The third kappa shape index (κ3) is 7.13. The molecule has 0 atom stereocenters. The van der Waals surface area contributed by atoms with Gasteiger partial charge in [-0.2, -0.15) is 0 Å². The molecular formula is C36H52O2. The third-order valence-electron chi connectivity index (χ3n) is 8.13. The molecule has 2 aromatic carbocycles. The van der Waals surface area contributed by atoms with Crippen molar-refractivity contribution >= 4 is 11.1 Å². The van der Waals surface area contributed by atoms with E-state index in [1.54, 1.807) is 14.2 Å². The molecule has 1 aliphatic rings. The second-order valence-electron chi connectivity index (χ2n) is 13.2. The molecule has 208 valence electrons. The Morgan fingerprint density at radius 2 is 0.842 bits per heavy atom. The highest BCUT2D eigenvalue weighted by atomic mass is 16.5. The van der Waals surface area contributed by atoms with E-state index in [2.05, 4.69) is 79.0 Å². The first kappa shape index (κ1) is 30.1. The molecule has 1 aliphatic carbocycles. The molecule has 38 heavy (non-hydrogen) atoms. The molecule has 2 nitrogen and oxygen atoms in total. The van der Waals surface area contributed by atoms with Gasteiger partial charge in [-0.3, -0.25) is 0 Å². The number of hydrogen-bond donors (Lipinski definition) is 0. The Kier molecular flexibility index (Phi) is 9.96. The highest BCUT2D eigenvalue weighted by Crippen LogP contribution is 2.44. The van der Waals surface area contributed by atoms with Gasteiger partial charge < -0.3 is 9.47 Å². The maximum absolute atomic E-state index is 6.10. The Bertz CT molecular complexity index is 1050. The van der Waals surface area contributed by atoms with Crippen molar-refractivity contribution < 1.29 is 9.47 Å². The smallest absolute Gasteiger partial charge is 0.129 e. The quantitative estimate of drug-likeness (QED) is 0.395. The maximum Gasteiger partial charge on any atom is 0.129 e. The van der Waals surface area contributed by atoms with E-state index in [9.17, 15) is 0 Å². The summed E-state index contributed by atoms with van der Waals surface area (Å²) in [6.45, 7) is 22.9. The summed E-state index contributed by atoms with van der Waals surface area (Å²) >= 11 is 0. The Morgan fingerprint density at radius 1 is 0.526 bits per heavy atom. The van der Waals surface area contributed by atoms with E-state index in [4.69, 9.17) is 9.47 Å². The van der Waals surface area contributed by atoms with E-state index < -0.39 is 0 Å². The van der Waals surface area contributed by atoms with Crippen molar-refractivity contribution in [1.82, 2.24) is 0 Å². The second-order valence-corrected chi connectivity index (χ2v) is 13.2. The van der Waals surface area contributed by atoms with Crippen molar-refractivity contribution in [2.75, 3.05) is 14.2 Å². The minimum atomic E-state index is 0.0192. The molecule has 0 aromatic heterocycles. The molecule has 0 saturated heterocycles. The number of hydrogen-bond acceptors (Lipinski definition) is 2. The first-order chi connectivity index (χ1) is 17.9. The van der Waals surface area contributed by atoms with Crippen molar-refractivity contribution in [2.45, 2.75) is 117 Å². The standard InChI is InChI=1S/C36H52O2/c1-25-26(2)32-24-30(36(6,7)8)22-28(34(32)38-10)20-18-16-14-12-11-13-15-17-19-27-21-29(35(3,4)5)23-31(25)33(27)37-9/h21-24H,1-2,11-20H2,3-10H3. The molecule has 0 spiro atoms. The Labute approximate surface area is 233 Å². The zero-order valence-electron chi connectivity index (χ0n) is 25.6. The number of ether oxygens (including phenoxy) is 2. The van der Waals surface area contributed by atoms with E-state index in [1.165, 1.54) is 73.6 Å². The number of allylic oxidation sites excluding steroid dienone is 2. The highest BCUT2D eigenvalue weighted by Gasteiger charge is 2.25. The average Bonchev–Trinajstić information content (AvgIpc) is 2.86. The van der Waals surface area contributed by atoms with Gasteiger partial charge in [0.1, 0.15) is 11.5 Å². The van der Waals surface area contributed by atoms with Crippen LogP contribution in [0.15, 0.2) is 37.4 Å². The Hall–Kier alpha value is -2.48. The number of benzene rings is 2. The third-order valence-corrected chi connectivity index (χ3v) is 8.13. The van der Waals surface area contributed by atoms with Crippen LogP contribution < -0.4 is 9.47 Å². The zero-order chi connectivity index (χ0) is 28.1. The van der Waals surface area contributed by atoms with Crippen LogP contribution in [-0.2, 0) is 23.7 Å². The number of methoxy groups -OCH3 is 2. The van der Waals surface area contributed by atoms with Crippen LogP contribution >= 0.6 is 0 Å². The Balaban J connectivity index is 2.23. The number of aryl methyl sites for hydroxylation is 2. The lowest BCUT2D eigenvalue weighted by Gasteiger charge is -2.27. The van der Waals surface area contributed by atoms with Crippen molar-refractivity contribution in [3.8, 4) is 11.5 Å². The minimum absolute atomic E-state index is 0.0192. The molecule has 0 unspecified atom stereocenters. The van der Waals surface area contributed by atoms with Crippen molar-refractivity contribution in [3.05, 3.63) is 70.8 Å². The molecule has 0 heterocycles. The highest BCUT2D eigenvalue weighted by molar-refractivity contribution is 6.06. The van der Waals surface area contributed by atoms with Crippen LogP contribution in [0.1, 0.15) is 126 Å². The molecule has 0 fully saturated rings. The van der Waals surface area contributed by atoms with Crippen LogP contribution in [0.4, 0.5) is 0 Å². The van der Waals surface area contributed by atoms with Crippen LogP contribution in [0.2, 0.25) is 0 Å². The normalized spacial score (nSPS) is 16.5. The van der Waals surface area contributed by atoms with Gasteiger partial charge in [-0.15, -0.1) is 0 Å². The summed E-state index contributed by atoms with van der Waals surface area (Å²) in [7, 11) is 3.58. The molecule has 0 aliphatic heterocycles. The molecule has 2 heteroatoms. The lowest BCUT2D eigenvalue weighted by atomic mass is 9.80. The van der Waals surface area contributed by atoms with Gasteiger partial charge in [-0.25, -0.2) is 0 Å². The topological polar surface area (TPSA) is 18.5 Å². The molecule has 4 bridgehead atoms. The summed E-state index contributed by atoms with van der Waals surface area (Å²) in [6, 6.07) is 9.26. The monoisotopic (exact) mass is 516 g/mol. The molecule has 3 rings (SSSR count). The van der Waals surface area contributed by atoms with Crippen LogP contribution in [0.25, 0.3) is 11.1 Å². The first-order valence-corrected chi connectivity index (χ1v) is 14.7. The molecule has 0 saturated carbocycles. The lowest BCUT2D eigenvalue weighted by Crippen LogP contribution is -2.14. The fourth-order valence-corrected chi connectivity index (χ4v) is 5.56. The van der Waals surface area contributed by atoms with Crippen molar-refractivity contribution in [2.24, 2.45) is 0 Å². The molecule has 0 amide bonds. The van der Waals surface area contributed by atoms with Gasteiger partial charge in [-0.05, 0) is 82.0 Å². The van der Waals surface area contributed by atoms with E-state index in [-0.39, 0.29) is 10.8 Å².